The van der Waals surface area contributed by atoms with Crippen molar-refractivity contribution >= 4 is 16.4 Å². The molecule has 1 rings (SSSR count). The maximum absolute atomic E-state index is 11.1. The lowest BCUT2D eigenvalue weighted by atomic mass is 10.1. The van der Waals surface area contributed by atoms with E-state index >= 15 is 0 Å². The Bertz CT molecular complexity index is 166. The van der Waals surface area contributed by atoms with Crippen molar-refractivity contribution < 1.29 is 14.5 Å². The second kappa shape index (κ2) is 4.11. The van der Waals surface area contributed by atoms with Crippen molar-refractivity contribution in [2.24, 2.45) is 0 Å². The van der Waals surface area contributed by atoms with Gasteiger partial charge in [-0.3, -0.25) is 4.90 Å². The van der Waals surface area contributed by atoms with Gasteiger partial charge >= 0.3 is 5.24 Å². The van der Waals surface area contributed by atoms with Crippen LogP contribution in [0.5, 0.6) is 0 Å². The molecule has 0 bridgehead atoms. The number of rotatable bonds is 0. The Morgan fingerprint density at radius 1 is 1.58 bits per heavy atom. The highest BCUT2D eigenvalue weighted by atomic mass is 32.2. The zero-order valence-corrected chi connectivity index (χ0v) is 7.84. The lowest BCUT2D eigenvalue weighted by Gasteiger charge is -2.28. The fraction of sp³-hybridized carbons (Fsp3) is 0.857. The van der Waals surface area contributed by atoms with Crippen LogP contribution in [0.2, 0.25) is 0 Å². The van der Waals surface area contributed by atoms with Crippen LogP contribution in [0.1, 0.15) is 12.8 Å². The summed E-state index contributed by atoms with van der Waals surface area (Å²) in [6, 6.07) is 0. The lowest BCUT2D eigenvalue weighted by molar-refractivity contribution is 0.0995. The normalized spacial score (nSPS) is 22.4. The van der Waals surface area contributed by atoms with Gasteiger partial charge < -0.3 is 9.66 Å². The Hall–Kier alpha value is -0.260. The molecule has 1 atom stereocenters. The number of hydrogen-bond donors (Lipinski definition) is 1. The first-order valence-corrected chi connectivity index (χ1v) is 5.47. The van der Waals surface area contributed by atoms with Crippen molar-refractivity contribution in [3.8, 4) is 0 Å². The van der Waals surface area contributed by atoms with E-state index in [1.807, 2.05) is 0 Å². The van der Waals surface area contributed by atoms with Gasteiger partial charge in [-0.2, -0.15) is 0 Å². The number of amides is 1. The number of likely N-dealkylation sites (tertiary alicyclic amines) is 1. The molecule has 1 fully saturated rings. The van der Waals surface area contributed by atoms with Gasteiger partial charge in [0.05, 0.1) is 6.10 Å². The third-order valence-corrected chi connectivity index (χ3v) is 2.72. The third kappa shape index (κ3) is 2.36. The fourth-order valence-corrected chi connectivity index (χ4v) is 1.78. The number of nitrogens with zero attached hydrogens (tertiary/aromatic N) is 1. The highest BCUT2D eigenvalue weighted by Crippen LogP contribution is 2.11. The Kier molecular flexibility index (Phi) is 3.37. The fourth-order valence-electron chi connectivity index (χ4n) is 1.23. The van der Waals surface area contributed by atoms with Crippen LogP contribution in [-0.2, 0) is 11.2 Å². The van der Waals surface area contributed by atoms with Crippen LogP contribution in [0.15, 0.2) is 0 Å². The van der Waals surface area contributed by atoms with Gasteiger partial charge in [-0.25, -0.2) is 4.79 Å². The summed E-state index contributed by atoms with van der Waals surface area (Å²) in [7, 11) is 0. The van der Waals surface area contributed by atoms with Crippen molar-refractivity contribution in [2.45, 2.75) is 18.9 Å². The molecule has 12 heavy (non-hydrogen) atoms. The van der Waals surface area contributed by atoms with E-state index in [0.717, 1.165) is 0 Å². The molecule has 1 aliphatic rings. The van der Waals surface area contributed by atoms with Crippen LogP contribution in [0.4, 0.5) is 4.79 Å². The van der Waals surface area contributed by atoms with Crippen LogP contribution >= 0.6 is 0 Å². The van der Waals surface area contributed by atoms with E-state index in [4.69, 9.17) is 5.11 Å². The summed E-state index contributed by atoms with van der Waals surface area (Å²) in [6.07, 6.45) is 2.29. The van der Waals surface area contributed by atoms with Gasteiger partial charge in [0, 0.05) is 24.3 Å². The molecular weight excluding hydrogens is 178 g/mol. The molecule has 1 heterocycles. The van der Waals surface area contributed by atoms with Gasteiger partial charge in [-0.15, -0.1) is 0 Å². The molecule has 0 radical (unpaired) electrons. The minimum Gasteiger partial charge on any atom is -0.608 e. The highest BCUT2D eigenvalue weighted by molar-refractivity contribution is 8.05. The average Bonchev–Trinajstić information content (AvgIpc) is 2.04. The number of aliphatic hydroxyl groups excluding tert-OH is 1. The van der Waals surface area contributed by atoms with E-state index in [0.29, 0.717) is 25.9 Å². The first kappa shape index (κ1) is 9.83. The first-order chi connectivity index (χ1) is 5.61. The molecule has 0 aromatic heterocycles. The van der Waals surface area contributed by atoms with Crippen molar-refractivity contribution in [2.75, 3.05) is 19.3 Å². The van der Waals surface area contributed by atoms with Gasteiger partial charge in [-0.05, 0) is 12.8 Å². The first-order valence-electron chi connectivity index (χ1n) is 3.91. The zero-order chi connectivity index (χ0) is 9.14. The molecule has 0 spiro atoms. The lowest BCUT2D eigenvalue weighted by Crippen LogP contribution is -2.42. The Morgan fingerprint density at radius 2 is 2.08 bits per heavy atom. The summed E-state index contributed by atoms with van der Waals surface area (Å²) in [5.41, 5.74) is 0. The number of hydrogen-bond acceptors (Lipinski definition) is 3. The van der Waals surface area contributed by atoms with Crippen LogP contribution in [-0.4, -0.2) is 45.2 Å². The summed E-state index contributed by atoms with van der Waals surface area (Å²) in [4.78, 5) is 12.7. The second-order valence-electron chi connectivity index (χ2n) is 2.94. The number of piperidine rings is 1. The third-order valence-electron chi connectivity index (χ3n) is 1.97. The molecule has 0 aliphatic carbocycles. The SMILES string of the molecule is C[S+]([O-])C(=O)N1CCC(O)CC1. The standard InChI is InChI=1S/C7H13NO3S/c1-12(11)7(10)8-4-2-6(9)3-5-8/h6,9H,2-5H2,1H3. The summed E-state index contributed by atoms with van der Waals surface area (Å²) >= 11 is -1.41. The Balaban J connectivity index is 2.39. The monoisotopic (exact) mass is 191 g/mol. The molecule has 0 aromatic carbocycles. The predicted octanol–water partition coefficient (Wildman–Crippen LogP) is -0.0584. The predicted molar refractivity (Wildman–Crippen MR) is 46.3 cm³/mol. The molecule has 0 saturated carbocycles. The molecule has 5 heteroatoms. The van der Waals surface area contributed by atoms with Gasteiger partial charge in [0.25, 0.3) is 0 Å². The average molecular weight is 191 g/mol. The van der Waals surface area contributed by atoms with E-state index < -0.39 is 11.2 Å². The second-order valence-corrected chi connectivity index (χ2v) is 4.20. The molecule has 0 aromatic rings. The van der Waals surface area contributed by atoms with E-state index in [1.165, 1.54) is 6.26 Å². The number of aliphatic hydroxyl groups is 1. The number of carbonyl (C=O) groups is 1. The molecular formula is C7H13NO3S. The summed E-state index contributed by atoms with van der Waals surface area (Å²) in [6.45, 7) is 1.05. The molecule has 1 amide bonds. The Labute approximate surface area is 74.7 Å². The molecule has 1 aliphatic heterocycles. The highest BCUT2D eigenvalue weighted by Gasteiger charge is 2.26. The number of carbonyl (C=O) groups excluding carboxylic acids is 1. The summed E-state index contributed by atoms with van der Waals surface area (Å²) < 4.78 is 10.8. The van der Waals surface area contributed by atoms with Gasteiger partial charge in [0.15, 0.2) is 0 Å². The maximum atomic E-state index is 11.1. The van der Waals surface area contributed by atoms with Crippen LogP contribution in [0, 0.1) is 0 Å². The van der Waals surface area contributed by atoms with Crippen molar-refractivity contribution in [3.63, 3.8) is 0 Å². The smallest absolute Gasteiger partial charge is 0.429 e. The minimum absolute atomic E-state index is 0.292. The molecule has 1 unspecified atom stereocenters. The van der Waals surface area contributed by atoms with Crippen molar-refractivity contribution in [3.05, 3.63) is 0 Å². The molecule has 70 valence electrons. The van der Waals surface area contributed by atoms with Crippen molar-refractivity contribution in [1.82, 2.24) is 4.90 Å². The van der Waals surface area contributed by atoms with Crippen LogP contribution < -0.4 is 0 Å². The molecule has 1 saturated heterocycles. The zero-order valence-electron chi connectivity index (χ0n) is 7.02. The van der Waals surface area contributed by atoms with E-state index in [2.05, 4.69) is 0 Å². The Morgan fingerprint density at radius 3 is 2.50 bits per heavy atom. The van der Waals surface area contributed by atoms with Gasteiger partial charge in [-0.1, -0.05) is 0 Å². The summed E-state index contributed by atoms with van der Waals surface area (Å²) in [5.74, 6) is 0. The molecule has 1 N–H and O–H groups in total. The van der Waals surface area contributed by atoms with Gasteiger partial charge in [0.1, 0.15) is 6.26 Å². The molecule has 4 nitrogen and oxygen atoms in total. The summed E-state index contributed by atoms with van der Waals surface area (Å²) in [5, 5.41) is 8.82. The minimum atomic E-state index is -1.41. The largest absolute Gasteiger partial charge is 0.608 e. The van der Waals surface area contributed by atoms with Gasteiger partial charge in [0.2, 0.25) is 0 Å². The van der Waals surface area contributed by atoms with E-state index in [9.17, 15) is 9.35 Å². The quantitative estimate of drug-likeness (QED) is 0.546. The topological polar surface area (TPSA) is 63.6 Å². The van der Waals surface area contributed by atoms with E-state index in [1.54, 1.807) is 4.90 Å². The maximum Gasteiger partial charge on any atom is 0.429 e. The van der Waals surface area contributed by atoms with Crippen molar-refractivity contribution in [1.29, 1.82) is 0 Å². The van der Waals surface area contributed by atoms with Crippen LogP contribution in [0.3, 0.4) is 0 Å². The van der Waals surface area contributed by atoms with Crippen LogP contribution in [0.25, 0.3) is 0 Å². The van der Waals surface area contributed by atoms with E-state index in [-0.39, 0.29) is 11.3 Å².